The summed E-state index contributed by atoms with van der Waals surface area (Å²) >= 11 is 0. The summed E-state index contributed by atoms with van der Waals surface area (Å²) in [6.45, 7) is 47.3. The van der Waals surface area contributed by atoms with Crippen molar-refractivity contribution in [2.24, 2.45) is 42.3 Å². The van der Waals surface area contributed by atoms with E-state index in [0.29, 0.717) is 5.56 Å². The SMILES string of the molecule is Cc1cc(C)[n+](C)c(-c2c(C)cccc2C)c1.Cc1ccc(-c2cc(C)cc(C)[n+]2C)c(C)c1.Cc1ccc(C)c(-c2cc(C)cc(C)[n+]2C)c1.Cc1ccc(C)c(-c2cc(C)cc(C)[n+]2C)c1.Cc1ccccc1-c1c(C)c(C)cc(C)[n+]1C.[2H]C([2H])([2H])c1ccc(-c2cc(C)cc(C)[n+]2C)c(C)c1. The van der Waals surface area contributed by atoms with E-state index < -0.39 is 6.85 Å². The van der Waals surface area contributed by atoms with Gasteiger partial charge in [-0.3, -0.25) is 0 Å². The number of benzene rings is 6. The summed E-state index contributed by atoms with van der Waals surface area (Å²) in [5, 5.41) is 0. The minimum atomic E-state index is -2.05. The van der Waals surface area contributed by atoms with Gasteiger partial charge in [0, 0.05) is 146 Å². The number of aryl methyl sites for hydroxylation is 23. The van der Waals surface area contributed by atoms with E-state index in [-0.39, 0.29) is 0 Å². The van der Waals surface area contributed by atoms with Crippen molar-refractivity contribution >= 4 is 0 Å². The van der Waals surface area contributed by atoms with Crippen molar-refractivity contribution in [3.8, 4) is 67.5 Å². The quantitative estimate of drug-likeness (QED) is 0.148. The van der Waals surface area contributed by atoms with Crippen molar-refractivity contribution in [3.05, 3.63) is 316 Å². The van der Waals surface area contributed by atoms with Gasteiger partial charge in [0.2, 0.25) is 34.2 Å². The molecule has 0 radical (unpaired) electrons. The highest BCUT2D eigenvalue weighted by Crippen LogP contribution is 2.30. The molecule has 12 rings (SSSR count). The molecule has 0 fully saturated rings. The molecule has 6 aromatic heterocycles. The molecule has 6 nitrogen and oxygen atoms in total. The predicted molar refractivity (Wildman–Crippen MR) is 432 cm³/mol. The second-order valence-electron chi connectivity index (χ2n) is 29.2. The van der Waals surface area contributed by atoms with Crippen LogP contribution < -0.4 is 27.4 Å². The Morgan fingerprint density at radius 1 is 0.206 bits per heavy atom. The molecule has 528 valence electrons. The topological polar surface area (TPSA) is 23.3 Å². The maximum atomic E-state index is 7.48. The van der Waals surface area contributed by atoms with E-state index in [4.69, 9.17) is 4.11 Å². The van der Waals surface area contributed by atoms with Crippen LogP contribution in [0, 0.1) is 166 Å². The van der Waals surface area contributed by atoms with Crippen molar-refractivity contribution in [3.63, 3.8) is 0 Å². The highest BCUT2D eigenvalue weighted by molar-refractivity contribution is 5.68. The van der Waals surface area contributed by atoms with Crippen LogP contribution in [0.5, 0.6) is 0 Å². The Kier molecular flexibility index (Phi) is 25.5. The lowest BCUT2D eigenvalue weighted by molar-refractivity contribution is -0.667. The van der Waals surface area contributed by atoms with E-state index in [9.17, 15) is 0 Å². The van der Waals surface area contributed by atoms with Crippen LogP contribution >= 0.6 is 0 Å². The van der Waals surface area contributed by atoms with Gasteiger partial charge in [0.05, 0.1) is 5.56 Å². The van der Waals surface area contributed by atoms with Crippen LogP contribution in [0.1, 0.15) is 138 Å². The Hall–Kier alpha value is -9.78. The van der Waals surface area contributed by atoms with Crippen LogP contribution in [0.4, 0.5) is 0 Å². The normalized spacial score (nSPS) is 11.2. The zero-order valence-electron chi connectivity index (χ0n) is 70.5. The molecule has 0 amide bonds. The van der Waals surface area contributed by atoms with Gasteiger partial charge in [-0.1, -0.05) is 107 Å². The standard InChI is InChI=1S/6C16H20N/c2*1-11-6-7-13(3)15(9-11)16-10-12(2)8-14(4)17(16)5;2*1-11-6-7-15(13(3)8-11)16-10-12(2)9-14(4)17(16)5;1-11-9-14(4)17(5)15(10-11)16-12(2)7-6-8-13(16)3;1-11-8-6-7-9-15(11)16-14(4)12(2)10-13(3)17(16)5/h6*6-10H,1-5H3/q6*+1/i;;1D3;;;. The van der Waals surface area contributed by atoms with E-state index >= 15 is 0 Å². The second-order valence-corrected chi connectivity index (χ2v) is 29.2. The van der Waals surface area contributed by atoms with Gasteiger partial charge in [-0.05, 0) is 227 Å². The fourth-order valence-corrected chi connectivity index (χ4v) is 13.8. The molecule has 6 heteroatoms. The van der Waals surface area contributed by atoms with Crippen LogP contribution in [0.2, 0.25) is 0 Å². The summed E-state index contributed by atoms with van der Waals surface area (Å²) < 4.78 is 35.9. The van der Waals surface area contributed by atoms with Crippen molar-refractivity contribution in [1.29, 1.82) is 0 Å². The zero-order chi connectivity index (χ0) is 78.0. The highest BCUT2D eigenvalue weighted by Gasteiger charge is 2.23. The number of rotatable bonds is 6. The van der Waals surface area contributed by atoms with Gasteiger partial charge in [0.1, 0.15) is 42.3 Å². The maximum absolute atomic E-state index is 7.48. The Labute approximate surface area is 620 Å². The average molecular weight is 1360 g/mol. The molecule has 0 aliphatic heterocycles. The smallest absolute Gasteiger partial charge is 0.199 e. The second kappa shape index (κ2) is 34.7. The first-order valence-electron chi connectivity index (χ1n) is 37.5. The zero-order valence-corrected chi connectivity index (χ0v) is 67.5. The Morgan fingerprint density at radius 3 is 0.892 bits per heavy atom. The van der Waals surface area contributed by atoms with Crippen molar-refractivity contribution < 1.29 is 31.5 Å². The first kappa shape index (κ1) is 74.9. The molecule has 0 saturated heterocycles. The lowest BCUT2D eigenvalue weighted by Crippen LogP contribution is -2.36. The fraction of sp³-hybridized carbons (Fsp3) is 0.312. The van der Waals surface area contributed by atoms with Gasteiger partial charge in [-0.25, -0.2) is 0 Å². The van der Waals surface area contributed by atoms with Crippen LogP contribution in [-0.2, 0) is 42.3 Å². The van der Waals surface area contributed by atoms with Gasteiger partial charge in [0.25, 0.3) is 0 Å². The molecule has 0 bridgehead atoms. The lowest BCUT2D eigenvalue weighted by atomic mass is 9.98. The first-order valence-corrected chi connectivity index (χ1v) is 36.0. The molecule has 102 heavy (non-hydrogen) atoms. The Morgan fingerprint density at radius 2 is 0.510 bits per heavy atom. The molecule has 0 spiro atoms. The fourth-order valence-electron chi connectivity index (χ4n) is 13.8. The highest BCUT2D eigenvalue weighted by atomic mass is 15.0. The average Bonchev–Trinajstić information content (AvgIpc) is 0.827. The molecule has 0 aliphatic carbocycles. The van der Waals surface area contributed by atoms with Gasteiger partial charge in [0.15, 0.2) is 34.2 Å². The molecule has 0 N–H and O–H groups in total. The summed E-state index contributed by atoms with van der Waals surface area (Å²) in [5.74, 6) is 0. The molecule has 6 aromatic carbocycles. The number of pyridine rings is 6. The van der Waals surface area contributed by atoms with Crippen molar-refractivity contribution in [1.82, 2.24) is 0 Å². The summed E-state index contributed by atoms with van der Waals surface area (Å²) in [7, 11) is 12.7. The van der Waals surface area contributed by atoms with Gasteiger partial charge in [-0.15, -0.1) is 0 Å². The Bertz CT molecular complexity index is 5010. The van der Waals surface area contributed by atoms with E-state index in [1.54, 1.807) is 12.1 Å². The minimum absolute atomic E-state index is 0.394. The first-order chi connectivity index (χ1) is 49.2. The number of hydrogen-bond acceptors (Lipinski definition) is 0. The van der Waals surface area contributed by atoms with Gasteiger partial charge in [-0.2, -0.15) is 27.4 Å². The van der Waals surface area contributed by atoms with Crippen molar-refractivity contribution in [2.75, 3.05) is 0 Å². The van der Waals surface area contributed by atoms with Crippen LogP contribution in [0.25, 0.3) is 67.5 Å². The predicted octanol–water partition coefficient (Wildman–Crippen LogP) is 20.5. The summed E-state index contributed by atoms with van der Waals surface area (Å²) in [5.41, 5.74) is 45.6. The van der Waals surface area contributed by atoms with Gasteiger partial charge >= 0.3 is 0 Å². The van der Waals surface area contributed by atoms with E-state index in [0.717, 1.165) is 16.8 Å². The summed E-state index contributed by atoms with van der Waals surface area (Å²) in [6, 6.07) is 64.8. The third kappa shape index (κ3) is 19.6. The summed E-state index contributed by atoms with van der Waals surface area (Å²) in [6.07, 6.45) is 0. The third-order valence-corrected chi connectivity index (χ3v) is 20.3. The maximum Gasteiger partial charge on any atom is 0.215 e. The largest absolute Gasteiger partial charge is 0.215 e. The monoisotopic (exact) mass is 1360 g/mol. The van der Waals surface area contributed by atoms with E-state index in [2.05, 4.69) is 379 Å². The van der Waals surface area contributed by atoms with Crippen LogP contribution in [0.15, 0.2) is 182 Å². The van der Waals surface area contributed by atoms with Crippen LogP contribution in [0.3, 0.4) is 0 Å². The molecule has 0 atom stereocenters. The van der Waals surface area contributed by atoms with Crippen molar-refractivity contribution in [2.45, 2.75) is 166 Å². The molecule has 6 heterocycles. The molecular formula is C96H120N6+6. The minimum Gasteiger partial charge on any atom is -0.199 e. The number of aromatic nitrogens is 6. The third-order valence-electron chi connectivity index (χ3n) is 20.3. The number of nitrogens with zero attached hydrogens (tertiary/aromatic N) is 6. The Balaban J connectivity index is 0.000000176. The van der Waals surface area contributed by atoms with E-state index in [1.807, 2.05) is 20.0 Å². The van der Waals surface area contributed by atoms with E-state index in [1.165, 1.54) is 179 Å². The van der Waals surface area contributed by atoms with Crippen LogP contribution in [-0.4, -0.2) is 0 Å². The molecule has 12 aromatic rings. The molecule has 0 unspecified atom stereocenters. The number of hydrogen-bond donors (Lipinski definition) is 0. The summed E-state index contributed by atoms with van der Waals surface area (Å²) in [4.78, 5) is 0. The molecular weight excluding hydrogens is 1240 g/mol. The molecule has 0 saturated carbocycles. The lowest BCUT2D eigenvalue weighted by Gasteiger charge is -2.10. The molecule has 0 aliphatic rings. The van der Waals surface area contributed by atoms with Gasteiger partial charge < -0.3 is 0 Å².